The quantitative estimate of drug-likeness (QED) is 0.844. The van der Waals surface area contributed by atoms with E-state index >= 15 is 0 Å². The summed E-state index contributed by atoms with van der Waals surface area (Å²) in [7, 11) is 0. The fourth-order valence-electron chi connectivity index (χ4n) is 3.00. The summed E-state index contributed by atoms with van der Waals surface area (Å²) < 4.78 is 0. The number of aryl methyl sites for hydroxylation is 2. The Morgan fingerprint density at radius 1 is 1.38 bits per heavy atom. The van der Waals surface area contributed by atoms with Gasteiger partial charge in [0, 0.05) is 24.0 Å². The lowest BCUT2D eigenvalue weighted by Gasteiger charge is -2.23. The Hall–Kier alpha value is -2.14. The third-order valence-corrected chi connectivity index (χ3v) is 4.11. The lowest BCUT2D eigenvalue weighted by Crippen LogP contribution is -2.32. The van der Waals surface area contributed by atoms with Crippen molar-refractivity contribution in [2.24, 2.45) is 5.73 Å². The minimum Gasteiger partial charge on any atom is -0.324 e. The smallest absolute Gasteiger partial charge is 0.262 e. The van der Waals surface area contributed by atoms with Crippen LogP contribution in [-0.2, 0) is 0 Å². The molecule has 2 aromatic rings. The van der Waals surface area contributed by atoms with Gasteiger partial charge in [-0.2, -0.15) is 5.10 Å². The summed E-state index contributed by atoms with van der Waals surface area (Å²) in [4.78, 5) is 14.8. The molecule has 21 heavy (non-hydrogen) atoms. The number of amides is 1. The van der Waals surface area contributed by atoms with Crippen molar-refractivity contribution < 1.29 is 4.79 Å². The fraction of sp³-hybridized carbons (Fsp3) is 0.375. The Bertz CT molecular complexity index is 657. The SMILES string of the molecule is Cc1n[nH]c(C)c1C(=O)N1CCCC(N)c2ccccc21. The zero-order valence-corrected chi connectivity index (χ0v) is 12.4. The number of anilines is 1. The van der Waals surface area contributed by atoms with Crippen molar-refractivity contribution in [3.8, 4) is 0 Å². The maximum absolute atomic E-state index is 12.9. The lowest BCUT2D eigenvalue weighted by atomic mass is 10.0. The number of nitrogens with two attached hydrogens (primary N) is 1. The molecule has 1 aliphatic rings. The first-order chi connectivity index (χ1) is 10.1. The Morgan fingerprint density at radius 2 is 2.14 bits per heavy atom. The van der Waals surface area contributed by atoms with Gasteiger partial charge >= 0.3 is 0 Å². The summed E-state index contributed by atoms with van der Waals surface area (Å²) >= 11 is 0. The van der Waals surface area contributed by atoms with Crippen LogP contribution in [0.25, 0.3) is 0 Å². The van der Waals surface area contributed by atoms with Crippen LogP contribution in [0, 0.1) is 13.8 Å². The van der Waals surface area contributed by atoms with Gasteiger partial charge in [-0.15, -0.1) is 0 Å². The Kier molecular flexibility index (Phi) is 3.51. The molecule has 0 saturated heterocycles. The summed E-state index contributed by atoms with van der Waals surface area (Å²) in [6, 6.07) is 7.91. The molecule has 2 heterocycles. The van der Waals surface area contributed by atoms with Crippen LogP contribution < -0.4 is 10.6 Å². The number of hydrogen-bond donors (Lipinski definition) is 2. The van der Waals surface area contributed by atoms with Gasteiger partial charge in [0.25, 0.3) is 5.91 Å². The lowest BCUT2D eigenvalue weighted by molar-refractivity contribution is 0.0986. The first-order valence-electron chi connectivity index (χ1n) is 7.27. The maximum Gasteiger partial charge on any atom is 0.262 e. The molecule has 0 fully saturated rings. The number of fused-ring (bicyclic) bond motifs is 1. The van der Waals surface area contributed by atoms with Crippen molar-refractivity contribution in [1.82, 2.24) is 10.2 Å². The number of H-pyrrole nitrogens is 1. The zero-order chi connectivity index (χ0) is 15.0. The number of carbonyl (C=O) groups excluding carboxylic acids is 1. The molecule has 0 spiro atoms. The van der Waals surface area contributed by atoms with E-state index in [1.165, 1.54) is 0 Å². The second-order valence-corrected chi connectivity index (χ2v) is 5.57. The molecule has 1 unspecified atom stereocenters. The molecule has 0 radical (unpaired) electrons. The highest BCUT2D eigenvalue weighted by Gasteiger charge is 2.27. The second-order valence-electron chi connectivity index (χ2n) is 5.57. The molecule has 1 aromatic heterocycles. The largest absolute Gasteiger partial charge is 0.324 e. The van der Waals surface area contributed by atoms with Gasteiger partial charge in [0.05, 0.1) is 11.3 Å². The normalized spacial score (nSPS) is 18.2. The van der Waals surface area contributed by atoms with E-state index in [2.05, 4.69) is 10.2 Å². The van der Waals surface area contributed by atoms with Crippen molar-refractivity contribution in [3.63, 3.8) is 0 Å². The van der Waals surface area contributed by atoms with Crippen molar-refractivity contribution >= 4 is 11.6 Å². The molecule has 5 heteroatoms. The number of hydrogen-bond acceptors (Lipinski definition) is 3. The number of benzene rings is 1. The summed E-state index contributed by atoms with van der Waals surface area (Å²) in [6.07, 6.45) is 1.79. The maximum atomic E-state index is 12.9. The molecule has 1 atom stereocenters. The van der Waals surface area contributed by atoms with E-state index < -0.39 is 0 Å². The van der Waals surface area contributed by atoms with Gasteiger partial charge in [-0.1, -0.05) is 18.2 Å². The van der Waals surface area contributed by atoms with Gasteiger partial charge in [-0.3, -0.25) is 9.89 Å². The van der Waals surface area contributed by atoms with Crippen LogP contribution in [0.1, 0.15) is 46.2 Å². The van der Waals surface area contributed by atoms with E-state index in [4.69, 9.17) is 5.73 Å². The Balaban J connectivity index is 2.06. The first-order valence-corrected chi connectivity index (χ1v) is 7.27. The number of nitrogens with one attached hydrogen (secondary N) is 1. The predicted octanol–water partition coefficient (Wildman–Crippen LogP) is 2.47. The number of aromatic nitrogens is 2. The minimum absolute atomic E-state index is 0.000278. The molecule has 1 aromatic carbocycles. The van der Waals surface area contributed by atoms with Crippen LogP contribution in [0.5, 0.6) is 0 Å². The fourth-order valence-corrected chi connectivity index (χ4v) is 3.00. The molecule has 5 nitrogen and oxygen atoms in total. The van der Waals surface area contributed by atoms with Gasteiger partial charge in [0.2, 0.25) is 0 Å². The first kappa shape index (κ1) is 13.8. The number of aromatic amines is 1. The van der Waals surface area contributed by atoms with Crippen LogP contribution in [0.3, 0.4) is 0 Å². The molecule has 3 rings (SSSR count). The van der Waals surface area contributed by atoms with Gasteiger partial charge in [0.15, 0.2) is 0 Å². The van der Waals surface area contributed by atoms with E-state index in [0.717, 1.165) is 35.5 Å². The van der Waals surface area contributed by atoms with Crippen LogP contribution in [0.15, 0.2) is 24.3 Å². The molecular weight excluding hydrogens is 264 g/mol. The average Bonchev–Trinajstić information content (AvgIpc) is 2.72. The zero-order valence-electron chi connectivity index (χ0n) is 12.4. The third kappa shape index (κ3) is 2.34. The summed E-state index contributed by atoms with van der Waals surface area (Å²) in [5, 5.41) is 7.01. The van der Waals surface area contributed by atoms with E-state index in [9.17, 15) is 4.79 Å². The van der Waals surface area contributed by atoms with E-state index in [1.54, 1.807) is 0 Å². The molecule has 1 aliphatic heterocycles. The molecule has 0 aliphatic carbocycles. The molecular formula is C16H20N4O. The molecule has 0 saturated carbocycles. The van der Waals surface area contributed by atoms with E-state index in [0.29, 0.717) is 12.1 Å². The van der Waals surface area contributed by atoms with Crippen molar-refractivity contribution in [2.45, 2.75) is 32.7 Å². The highest BCUT2D eigenvalue weighted by molar-refractivity contribution is 6.08. The average molecular weight is 284 g/mol. The number of carbonyl (C=O) groups is 1. The summed E-state index contributed by atoms with van der Waals surface area (Å²) in [5.74, 6) is 0.000278. The second kappa shape index (κ2) is 5.33. The van der Waals surface area contributed by atoms with Crippen LogP contribution in [-0.4, -0.2) is 22.6 Å². The van der Waals surface area contributed by atoms with Gasteiger partial charge in [-0.25, -0.2) is 0 Å². The predicted molar refractivity (Wildman–Crippen MR) is 82.3 cm³/mol. The van der Waals surface area contributed by atoms with Gasteiger partial charge < -0.3 is 10.6 Å². The third-order valence-electron chi connectivity index (χ3n) is 4.11. The van der Waals surface area contributed by atoms with E-state index in [-0.39, 0.29) is 11.9 Å². The topological polar surface area (TPSA) is 75.0 Å². The van der Waals surface area contributed by atoms with Crippen LogP contribution >= 0.6 is 0 Å². The number of rotatable bonds is 1. The van der Waals surface area contributed by atoms with Crippen molar-refractivity contribution in [1.29, 1.82) is 0 Å². The van der Waals surface area contributed by atoms with E-state index in [1.807, 2.05) is 43.0 Å². The Morgan fingerprint density at radius 3 is 2.86 bits per heavy atom. The van der Waals surface area contributed by atoms with Gasteiger partial charge in [-0.05, 0) is 38.3 Å². The summed E-state index contributed by atoms with van der Waals surface area (Å²) in [6.45, 7) is 4.42. The summed E-state index contributed by atoms with van der Waals surface area (Å²) in [5.41, 5.74) is 10.4. The molecule has 0 bridgehead atoms. The van der Waals surface area contributed by atoms with Crippen LogP contribution in [0.2, 0.25) is 0 Å². The van der Waals surface area contributed by atoms with Crippen molar-refractivity contribution in [3.05, 3.63) is 46.8 Å². The number of nitrogens with zero attached hydrogens (tertiary/aromatic N) is 2. The van der Waals surface area contributed by atoms with Crippen LogP contribution in [0.4, 0.5) is 5.69 Å². The molecule has 1 amide bonds. The standard InChI is InChI=1S/C16H20N4O/c1-10-15(11(2)19-18-10)16(21)20-9-5-7-13(17)12-6-3-4-8-14(12)20/h3-4,6,8,13H,5,7,9,17H2,1-2H3,(H,18,19). The van der Waals surface area contributed by atoms with Crippen molar-refractivity contribution in [2.75, 3.05) is 11.4 Å². The molecule has 110 valence electrons. The molecule has 3 N–H and O–H groups in total. The number of para-hydroxylation sites is 1. The highest BCUT2D eigenvalue weighted by Crippen LogP contribution is 2.32. The minimum atomic E-state index is -0.00876. The Labute approximate surface area is 124 Å². The highest BCUT2D eigenvalue weighted by atomic mass is 16.2. The monoisotopic (exact) mass is 284 g/mol. The van der Waals surface area contributed by atoms with Gasteiger partial charge in [0.1, 0.15) is 0 Å².